The minimum atomic E-state index is -1.12. The number of nitrogens with zero attached hydrogens (tertiary/aromatic N) is 1. The summed E-state index contributed by atoms with van der Waals surface area (Å²) in [4.78, 5) is 13.8. The van der Waals surface area contributed by atoms with Crippen LogP contribution < -0.4 is 19.1 Å². The van der Waals surface area contributed by atoms with Gasteiger partial charge in [-0.2, -0.15) is 0 Å². The number of anilines is 1. The molecule has 0 aliphatic carbocycles. The van der Waals surface area contributed by atoms with Crippen molar-refractivity contribution in [2.24, 2.45) is 0 Å². The van der Waals surface area contributed by atoms with Crippen LogP contribution >= 0.6 is 0 Å². The number of amides is 1. The molecule has 1 aliphatic rings. The van der Waals surface area contributed by atoms with Crippen molar-refractivity contribution in [1.29, 1.82) is 0 Å². The monoisotopic (exact) mass is 378 g/mol. The fraction of sp³-hybridized carbons (Fsp3) is 0.136. The van der Waals surface area contributed by atoms with Crippen LogP contribution in [-0.4, -0.2) is 19.4 Å². The van der Waals surface area contributed by atoms with Gasteiger partial charge in [0.2, 0.25) is 6.79 Å². The summed E-state index contributed by atoms with van der Waals surface area (Å²) < 4.78 is 30.2. The maximum absolute atomic E-state index is 13.4. The van der Waals surface area contributed by atoms with Gasteiger partial charge < -0.3 is 19.1 Å². The second-order valence-corrected chi connectivity index (χ2v) is 6.15. The lowest BCUT2D eigenvalue weighted by Crippen LogP contribution is -2.32. The van der Waals surface area contributed by atoms with Gasteiger partial charge in [0.05, 0.1) is 12.2 Å². The largest absolute Gasteiger partial charge is 0.455 e. The molecule has 3 aromatic carbocycles. The van der Waals surface area contributed by atoms with Crippen molar-refractivity contribution in [3.63, 3.8) is 0 Å². The van der Waals surface area contributed by atoms with Crippen LogP contribution in [0, 0.1) is 0 Å². The second kappa shape index (κ2) is 8.00. The Bertz CT molecular complexity index is 977. The van der Waals surface area contributed by atoms with E-state index < -0.39 is 12.6 Å². The van der Waals surface area contributed by atoms with Crippen LogP contribution in [0.2, 0.25) is 0 Å². The lowest BCUT2D eigenvalue weighted by molar-refractivity contribution is -0.119. The molecule has 1 amide bonds. The quantitative estimate of drug-likeness (QED) is 0.623. The zero-order chi connectivity index (χ0) is 19.3. The number of ether oxygens (including phenoxy) is 3. The predicted molar refractivity (Wildman–Crippen MR) is 103 cm³/mol. The third-order valence-corrected chi connectivity index (χ3v) is 4.35. The first-order valence-corrected chi connectivity index (χ1v) is 8.82. The Kier molecular flexibility index (Phi) is 5.10. The molecule has 3 aromatic rings. The normalized spacial score (nSPS) is 11.9. The molecule has 0 radical (unpaired) electrons. The standard InChI is InChI=1S/C22H18FNO4/c23-13-21(25)24(14-16-7-6-12-20-22(16)27-15-26-20)18-10-4-5-11-19(18)28-17-8-2-1-3-9-17/h1-12H,13-15H2/i23-1. The molecule has 5 nitrogen and oxygen atoms in total. The van der Waals surface area contributed by atoms with Crippen molar-refractivity contribution >= 4 is 11.6 Å². The van der Waals surface area contributed by atoms with E-state index in [0.29, 0.717) is 28.7 Å². The highest BCUT2D eigenvalue weighted by Gasteiger charge is 2.24. The van der Waals surface area contributed by atoms with Crippen molar-refractivity contribution in [3.8, 4) is 23.0 Å². The van der Waals surface area contributed by atoms with E-state index in [0.717, 1.165) is 5.56 Å². The summed E-state index contributed by atoms with van der Waals surface area (Å²) in [7, 11) is 0. The lowest BCUT2D eigenvalue weighted by atomic mass is 10.1. The van der Waals surface area contributed by atoms with Gasteiger partial charge in [-0.3, -0.25) is 4.79 Å². The minimum absolute atomic E-state index is 0.122. The summed E-state index contributed by atoms with van der Waals surface area (Å²) >= 11 is 0. The van der Waals surface area contributed by atoms with Gasteiger partial charge in [0.25, 0.3) is 5.91 Å². The Hall–Kier alpha value is -3.54. The number of hydrogen-bond acceptors (Lipinski definition) is 4. The molecule has 142 valence electrons. The Morgan fingerprint density at radius 1 is 0.964 bits per heavy atom. The molecule has 28 heavy (non-hydrogen) atoms. The summed E-state index contributed by atoms with van der Waals surface area (Å²) in [6.07, 6.45) is 0. The Labute approximate surface area is 161 Å². The van der Waals surface area contributed by atoms with Gasteiger partial charge in [-0.05, 0) is 30.3 Å². The number of carbonyl (C=O) groups is 1. The molecular formula is C22H18FNO4. The first-order chi connectivity index (χ1) is 13.8. The predicted octanol–water partition coefficient (Wildman–Crippen LogP) is 4.71. The van der Waals surface area contributed by atoms with Crippen LogP contribution in [0.4, 0.5) is 10.1 Å². The van der Waals surface area contributed by atoms with Crippen LogP contribution in [0.15, 0.2) is 72.8 Å². The number of para-hydroxylation sites is 4. The summed E-state index contributed by atoms with van der Waals surface area (Å²) in [5, 5.41) is 0. The number of alkyl halides is 1. The average molecular weight is 378 g/mol. The first kappa shape index (κ1) is 17.9. The molecule has 1 aliphatic heterocycles. The maximum atomic E-state index is 13.4. The smallest absolute Gasteiger partial charge is 0.258 e. The van der Waals surface area contributed by atoms with Crippen LogP contribution in [0.5, 0.6) is 23.0 Å². The van der Waals surface area contributed by atoms with Gasteiger partial charge in [0, 0.05) is 5.56 Å². The Balaban J connectivity index is 1.69. The molecule has 0 unspecified atom stereocenters. The third-order valence-electron chi connectivity index (χ3n) is 4.35. The molecule has 0 bridgehead atoms. The molecule has 4 rings (SSSR count). The second-order valence-electron chi connectivity index (χ2n) is 6.15. The summed E-state index contributed by atoms with van der Waals surface area (Å²) in [5.74, 6) is 1.60. The van der Waals surface area contributed by atoms with Crippen LogP contribution in [0.3, 0.4) is 0 Å². The summed E-state index contributed by atoms with van der Waals surface area (Å²) in [6.45, 7) is -0.867. The molecule has 0 saturated heterocycles. The number of halogens is 1. The molecule has 0 spiro atoms. The average Bonchev–Trinajstić information content (AvgIpc) is 3.22. The van der Waals surface area contributed by atoms with Gasteiger partial charge >= 0.3 is 0 Å². The van der Waals surface area contributed by atoms with E-state index in [-0.39, 0.29) is 13.3 Å². The molecule has 0 fully saturated rings. The molecule has 6 heteroatoms. The van der Waals surface area contributed by atoms with Crippen molar-refractivity contribution in [2.45, 2.75) is 6.54 Å². The fourth-order valence-electron chi connectivity index (χ4n) is 3.05. The highest BCUT2D eigenvalue weighted by molar-refractivity contribution is 5.95. The van der Waals surface area contributed by atoms with E-state index in [1.54, 1.807) is 30.3 Å². The number of benzene rings is 3. The number of rotatable bonds is 6. The Morgan fingerprint density at radius 3 is 2.57 bits per heavy atom. The van der Waals surface area contributed by atoms with Crippen LogP contribution in [0.1, 0.15) is 5.56 Å². The van der Waals surface area contributed by atoms with Gasteiger partial charge in [-0.1, -0.05) is 42.5 Å². The number of hydrogen-bond donors (Lipinski definition) is 0. The van der Waals surface area contributed by atoms with Crippen molar-refractivity contribution in [3.05, 3.63) is 78.4 Å². The van der Waals surface area contributed by atoms with Crippen molar-refractivity contribution in [1.82, 2.24) is 0 Å². The summed E-state index contributed by atoms with van der Waals surface area (Å²) in [6, 6.07) is 21.7. The lowest BCUT2D eigenvalue weighted by Gasteiger charge is -2.24. The SMILES string of the molecule is O=C(C[18F])N(Cc1cccc2c1OCO2)c1ccccc1Oc1ccccc1. The highest BCUT2D eigenvalue weighted by atomic mass is 18.2. The Morgan fingerprint density at radius 2 is 1.75 bits per heavy atom. The van der Waals surface area contributed by atoms with Crippen LogP contribution in [-0.2, 0) is 11.3 Å². The van der Waals surface area contributed by atoms with Crippen LogP contribution in [0.25, 0.3) is 0 Å². The molecule has 0 N–H and O–H groups in total. The van der Waals surface area contributed by atoms with E-state index in [1.165, 1.54) is 4.90 Å². The number of carbonyl (C=O) groups excluding carboxylic acids is 1. The first-order valence-electron chi connectivity index (χ1n) is 8.82. The zero-order valence-electron chi connectivity index (χ0n) is 15.0. The van der Waals surface area contributed by atoms with Gasteiger partial charge in [0.1, 0.15) is 5.75 Å². The summed E-state index contributed by atoms with van der Waals surface area (Å²) in [5.41, 5.74) is 1.21. The van der Waals surface area contributed by atoms with E-state index >= 15 is 0 Å². The number of fused-ring (bicyclic) bond motifs is 1. The van der Waals surface area contributed by atoms with E-state index in [1.807, 2.05) is 42.5 Å². The van der Waals surface area contributed by atoms with Crippen molar-refractivity contribution in [2.75, 3.05) is 18.4 Å². The third kappa shape index (κ3) is 3.62. The van der Waals surface area contributed by atoms with E-state index in [4.69, 9.17) is 14.2 Å². The van der Waals surface area contributed by atoms with Gasteiger partial charge in [-0.25, -0.2) is 4.39 Å². The maximum Gasteiger partial charge on any atom is 0.258 e. The zero-order valence-corrected chi connectivity index (χ0v) is 15.0. The molecule has 1 heterocycles. The van der Waals surface area contributed by atoms with E-state index in [2.05, 4.69) is 0 Å². The van der Waals surface area contributed by atoms with E-state index in [9.17, 15) is 9.18 Å². The molecule has 0 saturated carbocycles. The fourth-order valence-corrected chi connectivity index (χ4v) is 3.05. The van der Waals surface area contributed by atoms with Gasteiger partial charge in [0.15, 0.2) is 23.9 Å². The molecular weight excluding hydrogens is 360 g/mol. The highest BCUT2D eigenvalue weighted by Crippen LogP contribution is 2.38. The topological polar surface area (TPSA) is 48.0 Å². The molecule has 0 atom stereocenters. The minimum Gasteiger partial charge on any atom is -0.455 e. The van der Waals surface area contributed by atoms with Crippen molar-refractivity contribution < 1.29 is 23.4 Å². The molecule has 0 aromatic heterocycles. The van der Waals surface area contributed by atoms with Gasteiger partial charge in [-0.15, -0.1) is 0 Å².